The zero-order chi connectivity index (χ0) is 14.5. The van der Waals surface area contributed by atoms with Crippen LogP contribution in [0.3, 0.4) is 0 Å². The summed E-state index contributed by atoms with van der Waals surface area (Å²) in [5.74, 6) is -0.375. The van der Waals surface area contributed by atoms with Crippen LogP contribution in [0.2, 0.25) is 0 Å². The molecule has 2 rings (SSSR count). The average molecular weight is 335 g/mol. The van der Waals surface area contributed by atoms with Gasteiger partial charge in [0.1, 0.15) is 0 Å². The largest absolute Gasteiger partial charge is 0.467 e. The van der Waals surface area contributed by atoms with Crippen LogP contribution < -0.4 is 5.32 Å². The second-order valence-corrected chi connectivity index (χ2v) is 5.28. The van der Waals surface area contributed by atoms with Crippen molar-refractivity contribution in [3.8, 4) is 0 Å². The number of nitrogens with one attached hydrogen (secondary N) is 1. The lowest BCUT2D eigenvalue weighted by molar-refractivity contribution is -0.141. The number of carbonyl (C=O) groups excluding carboxylic acids is 1. The summed E-state index contributed by atoms with van der Waals surface area (Å²) < 4.78 is 5.70. The van der Waals surface area contributed by atoms with Crippen molar-refractivity contribution in [3.63, 3.8) is 0 Å². The lowest BCUT2D eigenvalue weighted by Gasteiger charge is -2.17. The Bertz CT molecular complexity index is 582. The van der Waals surface area contributed by atoms with Gasteiger partial charge in [0.05, 0.1) is 12.8 Å². The first-order valence-electron chi connectivity index (χ1n) is 6.12. The van der Waals surface area contributed by atoms with Gasteiger partial charge in [0.15, 0.2) is 6.04 Å². The van der Waals surface area contributed by atoms with Crippen LogP contribution in [0.15, 0.2) is 47.1 Å². The third-order valence-electron chi connectivity index (χ3n) is 2.85. The predicted molar refractivity (Wildman–Crippen MR) is 81.5 cm³/mol. The molecular formula is C15H15BrN2O2. The van der Waals surface area contributed by atoms with E-state index < -0.39 is 6.04 Å². The molecule has 104 valence electrons. The van der Waals surface area contributed by atoms with Crippen LogP contribution in [0.25, 0.3) is 0 Å². The van der Waals surface area contributed by atoms with Gasteiger partial charge in [-0.15, -0.1) is 0 Å². The summed E-state index contributed by atoms with van der Waals surface area (Å²) >= 11 is 3.32. The van der Waals surface area contributed by atoms with E-state index in [1.54, 1.807) is 12.3 Å². The maximum absolute atomic E-state index is 11.9. The van der Waals surface area contributed by atoms with E-state index in [0.29, 0.717) is 5.69 Å². The highest BCUT2D eigenvalue weighted by Gasteiger charge is 2.22. The van der Waals surface area contributed by atoms with E-state index in [-0.39, 0.29) is 5.97 Å². The third kappa shape index (κ3) is 3.57. The number of nitrogens with zero attached hydrogens (tertiary/aromatic N) is 1. The number of rotatable bonds is 4. The molecule has 0 spiro atoms. The monoisotopic (exact) mass is 334 g/mol. The molecule has 0 saturated carbocycles. The van der Waals surface area contributed by atoms with Gasteiger partial charge in [-0.05, 0) is 47.1 Å². The number of aromatic nitrogens is 1. The van der Waals surface area contributed by atoms with E-state index in [2.05, 4.69) is 26.2 Å². The fourth-order valence-corrected chi connectivity index (χ4v) is 1.98. The number of aryl methyl sites for hydroxylation is 1. The molecule has 0 aliphatic rings. The maximum atomic E-state index is 11.9. The molecule has 0 aliphatic heterocycles. The molecule has 1 heterocycles. The van der Waals surface area contributed by atoms with Gasteiger partial charge < -0.3 is 10.1 Å². The van der Waals surface area contributed by atoms with Crippen molar-refractivity contribution >= 4 is 27.6 Å². The Morgan fingerprint density at radius 1 is 1.25 bits per heavy atom. The van der Waals surface area contributed by atoms with Crippen molar-refractivity contribution in [2.75, 3.05) is 12.4 Å². The van der Waals surface area contributed by atoms with Crippen LogP contribution in [-0.4, -0.2) is 18.1 Å². The van der Waals surface area contributed by atoms with E-state index in [0.717, 1.165) is 15.7 Å². The molecule has 0 aliphatic carbocycles. The zero-order valence-electron chi connectivity index (χ0n) is 11.3. The zero-order valence-corrected chi connectivity index (χ0v) is 12.8. The lowest BCUT2D eigenvalue weighted by Crippen LogP contribution is -2.23. The van der Waals surface area contributed by atoms with Crippen molar-refractivity contribution < 1.29 is 9.53 Å². The molecule has 20 heavy (non-hydrogen) atoms. The Kier molecular flexibility index (Phi) is 4.74. The van der Waals surface area contributed by atoms with Crippen molar-refractivity contribution in [2.45, 2.75) is 13.0 Å². The predicted octanol–water partition coefficient (Wildman–Crippen LogP) is 3.48. The first-order valence-corrected chi connectivity index (χ1v) is 6.92. The summed E-state index contributed by atoms with van der Waals surface area (Å²) in [5, 5.41) is 3.14. The van der Waals surface area contributed by atoms with Crippen LogP contribution in [0.4, 0.5) is 5.69 Å². The summed E-state index contributed by atoms with van der Waals surface area (Å²) in [5.41, 5.74) is 2.61. The summed E-state index contributed by atoms with van der Waals surface area (Å²) in [7, 11) is 1.37. The number of benzene rings is 1. The van der Waals surface area contributed by atoms with Crippen LogP contribution in [0.1, 0.15) is 17.3 Å². The normalized spacial score (nSPS) is 11.8. The van der Waals surface area contributed by atoms with Crippen molar-refractivity contribution in [1.82, 2.24) is 4.98 Å². The second kappa shape index (κ2) is 6.52. The quantitative estimate of drug-likeness (QED) is 0.869. The first-order chi connectivity index (χ1) is 9.60. The van der Waals surface area contributed by atoms with Crippen LogP contribution in [0.5, 0.6) is 0 Å². The van der Waals surface area contributed by atoms with Gasteiger partial charge in [-0.2, -0.15) is 0 Å². The molecule has 0 saturated heterocycles. The van der Waals surface area contributed by atoms with E-state index in [4.69, 9.17) is 4.74 Å². The number of halogens is 1. The number of pyridine rings is 1. The fraction of sp³-hybridized carbons (Fsp3) is 0.200. The molecule has 1 N–H and O–H groups in total. The van der Waals surface area contributed by atoms with Gasteiger partial charge in [0.25, 0.3) is 0 Å². The Hall–Kier alpha value is -1.88. The van der Waals surface area contributed by atoms with Crippen molar-refractivity contribution in [2.24, 2.45) is 0 Å². The van der Waals surface area contributed by atoms with E-state index in [1.807, 2.05) is 37.3 Å². The average Bonchev–Trinajstić information content (AvgIpc) is 2.47. The maximum Gasteiger partial charge on any atom is 0.334 e. The van der Waals surface area contributed by atoms with Gasteiger partial charge in [0.2, 0.25) is 0 Å². The first kappa shape index (κ1) is 14.5. The topological polar surface area (TPSA) is 51.2 Å². The molecule has 2 aromatic rings. The molecule has 0 radical (unpaired) electrons. The highest BCUT2D eigenvalue weighted by atomic mass is 79.9. The summed E-state index contributed by atoms with van der Waals surface area (Å²) in [4.78, 5) is 16.2. The van der Waals surface area contributed by atoms with Gasteiger partial charge in [-0.3, -0.25) is 4.98 Å². The van der Waals surface area contributed by atoms with Crippen molar-refractivity contribution in [1.29, 1.82) is 0 Å². The molecule has 0 fully saturated rings. The Morgan fingerprint density at radius 3 is 2.50 bits per heavy atom. The Labute approximate surface area is 126 Å². The smallest absolute Gasteiger partial charge is 0.334 e. The number of ether oxygens (including phenoxy) is 1. The highest BCUT2D eigenvalue weighted by molar-refractivity contribution is 9.10. The summed E-state index contributed by atoms with van der Waals surface area (Å²) in [6, 6.07) is 10.8. The van der Waals surface area contributed by atoms with Crippen LogP contribution >= 0.6 is 15.9 Å². The molecule has 1 aromatic heterocycles. The highest BCUT2D eigenvalue weighted by Crippen LogP contribution is 2.21. The molecule has 1 atom stereocenters. The van der Waals surface area contributed by atoms with Gasteiger partial charge in [0, 0.05) is 16.4 Å². The fourth-order valence-electron chi connectivity index (χ4n) is 1.75. The number of anilines is 1. The minimum Gasteiger partial charge on any atom is -0.467 e. The van der Waals surface area contributed by atoms with Crippen LogP contribution in [0, 0.1) is 6.92 Å². The Balaban J connectivity index is 2.26. The van der Waals surface area contributed by atoms with Gasteiger partial charge in [-0.1, -0.05) is 17.7 Å². The molecule has 4 nitrogen and oxygen atoms in total. The van der Waals surface area contributed by atoms with Crippen molar-refractivity contribution in [3.05, 3.63) is 58.3 Å². The number of hydrogen-bond acceptors (Lipinski definition) is 4. The molecule has 1 unspecified atom stereocenters. The minimum absolute atomic E-state index is 0.375. The Morgan fingerprint density at radius 2 is 1.95 bits per heavy atom. The summed E-state index contributed by atoms with van der Waals surface area (Å²) in [6.45, 7) is 2.01. The standard InChI is InChI=1S/C15H15BrN2O2/c1-10-3-6-12(7-4-10)18-14(15(19)20-2)13-8-5-11(16)9-17-13/h3-9,14,18H,1-2H3. The number of esters is 1. The van der Waals surface area contributed by atoms with Gasteiger partial charge in [-0.25, -0.2) is 4.79 Å². The van der Waals surface area contributed by atoms with E-state index in [1.165, 1.54) is 7.11 Å². The van der Waals surface area contributed by atoms with E-state index >= 15 is 0 Å². The number of methoxy groups -OCH3 is 1. The number of carbonyl (C=O) groups is 1. The minimum atomic E-state index is -0.629. The molecule has 1 aromatic carbocycles. The lowest BCUT2D eigenvalue weighted by atomic mass is 10.1. The number of hydrogen-bond donors (Lipinski definition) is 1. The molecular weight excluding hydrogens is 320 g/mol. The third-order valence-corrected chi connectivity index (χ3v) is 3.31. The van der Waals surface area contributed by atoms with Gasteiger partial charge >= 0.3 is 5.97 Å². The summed E-state index contributed by atoms with van der Waals surface area (Å²) in [6.07, 6.45) is 1.65. The molecule has 5 heteroatoms. The van der Waals surface area contributed by atoms with E-state index in [9.17, 15) is 4.79 Å². The molecule has 0 bridgehead atoms. The van der Waals surface area contributed by atoms with Crippen LogP contribution in [-0.2, 0) is 9.53 Å². The second-order valence-electron chi connectivity index (χ2n) is 4.37. The molecule has 0 amide bonds. The SMILES string of the molecule is COC(=O)C(Nc1ccc(C)cc1)c1ccc(Br)cn1.